The van der Waals surface area contributed by atoms with Crippen LogP contribution in [0.25, 0.3) is 0 Å². The number of rotatable bonds is 5. The summed E-state index contributed by atoms with van der Waals surface area (Å²) in [5.41, 5.74) is 0. The van der Waals surface area contributed by atoms with Gasteiger partial charge in [0.05, 0.1) is 12.6 Å². The van der Waals surface area contributed by atoms with E-state index in [1.165, 1.54) is 32.1 Å². The van der Waals surface area contributed by atoms with Crippen LogP contribution in [-0.2, 0) is 4.84 Å². The van der Waals surface area contributed by atoms with Gasteiger partial charge >= 0.3 is 0 Å². The number of hydroxylamine groups is 2. The van der Waals surface area contributed by atoms with Crippen LogP contribution in [0, 0.1) is 6.54 Å². The van der Waals surface area contributed by atoms with Crippen LogP contribution in [0.3, 0.4) is 0 Å². The Morgan fingerprint density at radius 2 is 2.42 bits per heavy atom. The first-order chi connectivity index (χ1) is 5.83. The van der Waals surface area contributed by atoms with Crippen molar-refractivity contribution >= 4 is 0 Å². The molecule has 0 bridgehead atoms. The molecule has 2 nitrogen and oxygen atoms in total. The number of unbranched alkanes of at least 4 members (excludes halogenated alkanes) is 1. The fraction of sp³-hybridized carbons (Fsp3) is 0.900. The third kappa shape index (κ3) is 3.55. The van der Waals surface area contributed by atoms with Crippen molar-refractivity contribution in [2.45, 2.75) is 52.1 Å². The summed E-state index contributed by atoms with van der Waals surface area (Å²) in [5.74, 6) is 0. The SMILES string of the molecule is CCCCC(C)ON1[CH]CCC1. The van der Waals surface area contributed by atoms with Gasteiger partial charge in [-0.3, -0.25) is 4.84 Å². The van der Waals surface area contributed by atoms with Crippen molar-refractivity contribution in [3.63, 3.8) is 0 Å². The van der Waals surface area contributed by atoms with Gasteiger partial charge in [-0.25, -0.2) is 0 Å². The molecule has 1 fully saturated rings. The quantitative estimate of drug-likeness (QED) is 0.629. The predicted molar refractivity (Wildman–Crippen MR) is 50.3 cm³/mol. The lowest BCUT2D eigenvalue weighted by Gasteiger charge is -2.19. The molecule has 0 aromatic carbocycles. The third-order valence-electron chi connectivity index (χ3n) is 2.19. The molecule has 0 aromatic rings. The van der Waals surface area contributed by atoms with Gasteiger partial charge in [-0.1, -0.05) is 19.8 Å². The van der Waals surface area contributed by atoms with Gasteiger partial charge in [0.15, 0.2) is 0 Å². The molecule has 1 radical (unpaired) electrons. The highest BCUT2D eigenvalue weighted by Crippen LogP contribution is 2.15. The summed E-state index contributed by atoms with van der Waals surface area (Å²) in [7, 11) is 0. The Balaban J connectivity index is 2.03. The van der Waals surface area contributed by atoms with Gasteiger partial charge in [0.25, 0.3) is 0 Å². The van der Waals surface area contributed by atoms with E-state index < -0.39 is 0 Å². The Bertz CT molecular complexity index is 110. The molecule has 1 saturated heterocycles. The van der Waals surface area contributed by atoms with Crippen molar-refractivity contribution in [2.75, 3.05) is 6.54 Å². The molecule has 2 heteroatoms. The molecule has 0 N–H and O–H groups in total. The molecule has 1 unspecified atom stereocenters. The van der Waals surface area contributed by atoms with E-state index >= 15 is 0 Å². The Morgan fingerprint density at radius 1 is 1.58 bits per heavy atom. The van der Waals surface area contributed by atoms with Crippen molar-refractivity contribution in [1.82, 2.24) is 5.06 Å². The van der Waals surface area contributed by atoms with Gasteiger partial charge in [-0.2, -0.15) is 5.06 Å². The molecule has 0 amide bonds. The maximum Gasteiger partial charge on any atom is 0.0765 e. The minimum Gasteiger partial charge on any atom is -0.296 e. The standard InChI is InChI=1S/C10H20NO/c1-3-4-7-10(2)12-11-8-5-6-9-11/h8,10H,3-7,9H2,1-2H3. The first-order valence-electron chi connectivity index (χ1n) is 5.09. The minimum absolute atomic E-state index is 0.388. The van der Waals surface area contributed by atoms with Crippen LogP contribution in [0.5, 0.6) is 0 Å². The summed E-state index contributed by atoms with van der Waals surface area (Å²) in [6.07, 6.45) is 6.54. The second kappa shape index (κ2) is 5.55. The highest BCUT2D eigenvalue weighted by molar-refractivity contribution is 4.70. The topological polar surface area (TPSA) is 12.5 Å². The molecule has 1 rings (SSSR count). The second-order valence-electron chi connectivity index (χ2n) is 3.52. The van der Waals surface area contributed by atoms with Gasteiger partial charge in [0, 0.05) is 6.54 Å². The summed E-state index contributed by atoms with van der Waals surface area (Å²) in [6.45, 7) is 7.61. The van der Waals surface area contributed by atoms with Crippen molar-refractivity contribution in [2.24, 2.45) is 0 Å². The lowest BCUT2D eigenvalue weighted by molar-refractivity contribution is -0.163. The van der Waals surface area contributed by atoms with E-state index in [0.29, 0.717) is 6.10 Å². The molecule has 1 aliphatic rings. The highest BCUT2D eigenvalue weighted by atomic mass is 16.7. The maximum atomic E-state index is 5.69. The van der Waals surface area contributed by atoms with E-state index in [1.807, 2.05) is 5.06 Å². The molecule has 1 atom stereocenters. The van der Waals surface area contributed by atoms with E-state index in [2.05, 4.69) is 20.4 Å². The zero-order chi connectivity index (χ0) is 8.81. The maximum absolute atomic E-state index is 5.69. The summed E-state index contributed by atoms with van der Waals surface area (Å²) in [6, 6.07) is 0. The molecule has 0 aromatic heterocycles. The zero-order valence-electron chi connectivity index (χ0n) is 8.25. The van der Waals surface area contributed by atoms with Gasteiger partial charge in [-0.05, 0) is 26.2 Å². The van der Waals surface area contributed by atoms with E-state index in [9.17, 15) is 0 Å². The molecule has 1 heterocycles. The summed E-state index contributed by atoms with van der Waals surface area (Å²) in [4.78, 5) is 5.69. The zero-order valence-corrected chi connectivity index (χ0v) is 8.25. The highest BCUT2D eigenvalue weighted by Gasteiger charge is 2.15. The van der Waals surface area contributed by atoms with E-state index in [1.54, 1.807) is 0 Å². The van der Waals surface area contributed by atoms with E-state index in [-0.39, 0.29) is 0 Å². The predicted octanol–water partition coefficient (Wildman–Crippen LogP) is 2.75. The third-order valence-corrected chi connectivity index (χ3v) is 2.19. The normalized spacial score (nSPS) is 21.5. The van der Waals surface area contributed by atoms with Crippen molar-refractivity contribution in [1.29, 1.82) is 0 Å². The van der Waals surface area contributed by atoms with Crippen LogP contribution >= 0.6 is 0 Å². The second-order valence-corrected chi connectivity index (χ2v) is 3.52. The lowest BCUT2D eigenvalue weighted by Crippen LogP contribution is -2.22. The number of nitrogens with zero attached hydrogens (tertiary/aromatic N) is 1. The summed E-state index contributed by atoms with van der Waals surface area (Å²) in [5, 5.41) is 2.00. The van der Waals surface area contributed by atoms with Crippen LogP contribution in [0.15, 0.2) is 0 Å². The molecule has 12 heavy (non-hydrogen) atoms. The van der Waals surface area contributed by atoms with Gasteiger partial charge < -0.3 is 0 Å². The average Bonchev–Trinajstić information content (AvgIpc) is 2.53. The van der Waals surface area contributed by atoms with E-state index in [4.69, 9.17) is 4.84 Å². The van der Waals surface area contributed by atoms with Crippen molar-refractivity contribution < 1.29 is 4.84 Å². The van der Waals surface area contributed by atoms with Crippen LogP contribution < -0.4 is 0 Å². The lowest BCUT2D eigenvalue weighted by atomic mass is 10.2. The first kappa shape index (κ1) is 10.0. The fourth-order valence-electron chi connectivity index (χ4n) is 1.44. The van der Waals surface area contributed by atoms with E-state index in [0.717, 1.165) is 6.54 Å². The largest absolute Gasteiger partial charge is 0.296 e. The molecule has 0 aliphatic carbocycles. The monoisotopic (exact) mass is 170 g/mol. The number of hydrogen-bond acceptors (Lipinski definition) is 2. The number of hydrogen-bond donors (Lipinski definition) is 0. The summed E-state index contributed by atoms with van der Waals surface area (Å²) < 4.78 is 0. The van der Waals surface area contributed by atoms with Crippen molar-refractivity contribution in [3.8, 4) is 0 Å². The fourth-order valence-corrected chi connectivity index (χ4v) is 1.44. The average molecular weight is 170 g/mol. The molecule has 1 aliphatic heterocycles. The molecule has 71 valence electrons. The Morgan fingerprint density at radius 3 is 3.00 bits per heavy atom. The van der Waals surface area contributed by atoms with Crippen LogP contribution in [0.4, 0.5) is 0 Å². The molecular weight excluding hydrogens is 150 g/mol. The van der Waals surface area contributed by atoms with Gasteiger partial charge in [0.2, 0.25) is 0 Å². The smallest absolute Gasteiger partial charge is 0.0765 e. The van der Waals surface area contributed by atoms with Crippen LogP contribution in [-0.4, -0.2) is 17.7 Å². The van der Waals surface area contributed by atoms with Crippen LogP contribution in [0.2, 0.25) is 0 Å². The first-order valence-corrected chi connectivity index (χ1v) is 5.09. The van der Waals surface area contributed by atoms with Gasteiger partial charge in [-0.15, -0.1) is 0 Å². The molecular formula is C10H20NO. The molecule has 0 spiro atoms. The Labute approximate surface area is 75.8 Å². The Hall–Kier alpha value is -0.0800. The van der Waals surface area contributed by atoms with Crippen molar-refractivity contribution in [3.05, 3.63) is 6.54 Å². The molecule has 0 saturated carbocycles. The Kier molecular flexibility index (Phi) is 4.62. The van der Waals surface area contributed by atoms with Crippen LogP contribution in [0.1, 0.15) is 46.0 Å². The summed E-state index contributed by atoms with van der Waals surface area (Å²) >= 11 is 0. The van der Waals surface area contributed by atoms with Gasteiger partial charge in [0.1, 0.15) is 0 Å². The minimum atomic E-state index is 0.388.